The van der Waals surface area contributed by atoms with Gasteiger partial charge in [-0.15, -0.1) is 21.5 Å². The largest absolute Gasteiger partial charge is 0.349 e. The molecule has 2 aromatic carbocycles. The van der Waals surface area contributed by atoms with Crippen molar-refractivity contribution in [3.8, 4) is 10.7 Å². The van der Waals surface area contributed by atoms with Crippen LogP contribution in [0.1, 0.15) is 24.1 Å². The molecule has 0 aliphatic rings. The number of carbonyl (C=O) groups is 1. The Morgan fingerprint density at radius 1 is 1.10 bits per heavy atom. The second kappa shape index (κ2) is 10.1. The van der Waals surface area contributed by atoms with Gasteiger partial charge in [0.1, 0.15) is 0 Å². The van der Waals surface area contributed by atoms with E-state index in [2.05, 4.69) is 32.2 Å². The van der Waals surface area contributed by atoms with Gasteiger partial charge >= 0.3 is 0 Å². The quantitative estimate of drug-likeness (QED) is 0.338. The molecule has 4 aromatic rings. The van der Waals surface area contributed by atoms with Crippen molar-refractivity contribution in [1.82, 2.24) is 20.1 Å². The highest BCUT2D eigenvalue weighted by Crippen LogP contribution is 2.28. The van der Waals surface area contributed by atoms with Gasteiger partial charge in [0.15, 0.2) is 11.0 Å². The summed E-state index contributed by atoms with van der Waals surface area (Å²) in [5.74, 6) is 1.02. The van der Waals surface area contributed by atoms with E-state index in [4.69, 9.17) is 11.6 Å². The van der Waals surface area contributed by atoms with Crippen LogP contribution in [-0.2, 0) is 11.3 Å². The summed E-state index contributed by atoms with van der Waals surface area (Å²) in [5, 5.41) is 15.2. The predicted octanol–water partition coefficient (Wildman–Crippen LogP) is 5.68. The van der Waals surface area contributed by atoms with E-state index in [0.717, 1.165) is 27.0 Å². The summed E-state index contributed by atoms with van der Waals surface area (Å²) in [6, 6.07) is 21.6. The highest BCUT2D eigenvalue weighted by molar-refractivity contribution is 7.99. The second-order valence-electron chi connectivity index (χ2n) is 6.98. The number of nitrogens with zero attached hydrogens (tertiary/aromatic N) is 3. The molecule has 158 valence electrons. The fourth-order valence-corrected chi connectivity index (χ4v) is 4.73. The number of carbonyl (C=O) groups excluding carboxylic acids is 1. The van der Waals surface area contributed by atoms with E-state index in [0.29, 0.717) is 11.6 Å². The first-order valence-corrected chi connectivity index (χ1v) is 12.0. The minimum atomic E-state index is -0.103. The Bertz CT molecular complexity index is 1130. The maximum Gasteiger partial charge on any atom is 0.230 e. The van der Waals surface area contributed by atoms with Crippen molar-refractivity contribution in [2.45, 2.75) is 24.7 Å². The Balaban J connectivity index is 1.46. The lowest BCUT2D eigenvalue weighted by molar-refractivity contribution is -0.119. The zero-order valence-electron chi connectivity index (χ0n) is 16.9. The van der Waals surface area contributed by atoms with E-state index < -0.39 is 0 Å². The van der Waals surface area contributed by atoms with E-state index in [1.54, 1.807) is 11.3 Å². The molecule has 1 amide bonds. The van der Waals surface area contributed by atoms with Gasteiger partial charge in [-0.25, -0.2) is 0 Å². The molecule has 0 fully saturated rings. The normalized spacial score (nSPS) is 11.9. The highest BCUT2D eigenvalue weighted by Gasteiger charge is 2.17. The number of hydrogen-bond donors (Lipinski definition) is 1. The number of aromatic nitrogens is 3. The van der Waals surface area contributed by atoms with Crippen molar-refractivity contribution < 1.29 is 4.79 Å². The van der Waals surface area contributed by atoms with Crippen LogP contribution >= 0.6 is 34.7 Å². The molecule has 0 aliphatic heterocycles. The Morgan fingerprint density at radius 3 is 2.58 bits per heavy atom. The fraction of sp³-hybridized carbons (Fsp3) is 0.174. The minimum absolute atomic E-state index is 0.0561. The molecule has 0 saturated heterocycles. The number of rotatable bonds is 8. The number of benzene rings is 2. The smallest absolute Gasteiger partial charge is 0.230 e. The van der Waals surface area contributed by atoms with E-state index in [1.807, 2.05) is 66.9 Å². The Labute approximate surface area is 194 Å². The summed E-state index contributed by atoms with van der Waals surface area (Å²) < 4.78 is 2.07. The van der Waals surface area contributed by atoms with Crippen LogP contribution in [0, 0.1) is 0 Å². The Kier molecular flexibility index (Phi) is 7.06. The van der Waals surface area contributed by atoms with Gasteiger partial charge in [0, 0.05) is 5.02 Å². The number of thiophene rings is 1. The third-order valence-electron chi connectivity index (χ3n) is 4.72. The van der Waals surface area contributed by atoms with Crippen LogP contribution in [0.2, 0.25) is 5.02 Å². The summed E-state index contributed by atoms with van der Waals surface area (Å²) in [5.41, 5.74) is 2.16. The van der Waals surface area contributed by atoms with E-state index in [-0.39, 0.29) is 17.7 Å². The van der Waals surface area contributed by atoms with Crippen LogP contribution in [0.5, 0.6) is 0 Å². The van der Waals surface area contributed by atoms with Crippen molar-refractivity contribution in [2.75, 3.05) is 5.75 Å². The first kappa shape index (κ1) is 21.6. The molecule has 0 spiro atoms. The Hall–Kier alpha value is -2.61. The van der Waals surface area contributed by atoms with E-state index in [1.165, 1.54) is 11.8 Å². The molecule has 2 aromatic heterocycles. The van der Waals surface area contributed by atoms with Gasteiger partial charge < -0.3 is 5.32 Å². The predicted molar refractivity (Wildman–Crippen MR) is 128 cm³/mol. The lowest BCUT2D eigenvalue weighted by atomic mass is 10.1. The number of thioether (sulfide) groups is 1. The molecule has 5 nitrogen and oxygen atoms in total. The van der Waals surface area contributed by atoms with Crippen molar-refractivity contribution in [3.05, 3.63) is 88.3 Å². The number of halogens is 1. The standard InChI is InChI=1S/C23H21ClN4OS2/c1-16(18-9-11-19(24)12-10-18)25-21(29)15-31-23-27-26-22(20-8-5-13-30-20)28(23)14-17-6-3-2-4-7-17/h2-13,16H,14-15H2,1H3,(H,25,29). The van der Waals surface area contributed by atoms with Crippen LogP contribution in [0.15, 0.2) is 77.3 Å². The van der Waals surface area contributed by atoms with Crippen LogP contribution in [0.3, 0.4) is 0 Å². The topological polar surface area (TPSA) is 59.8 Å². The summed E-state index contributed by atoms with van der Waals surface area (Å²) in [4.78, 5) is 13.6. The van der Waals surface area contributed by atoms with E-state index >= 15 is 0 Å². The molecule has 0 aliphatic carbocycles. The summed E-state index contributed by atoms with van der Waals surface area (Å²) in [6.45, 7) is 2.60. The van der Waals surface area contributed by atoms with Crippen molar-refractivity contribution in [1.29, 1.82) is 0 Å². The van der Waals surface area contributed by atoms with Crippen LogP contribution in [0.4, 0.5) is 0 Å². The molecule has 2 heterocycles. The molecule has 0 saturated carbocycles. The number of amides is 1. The summed E-state index contributed by atoms with van der Waals surface area (Å²) in [7, 11) is 0. The van der Waals surface area contributed by atoms with Gasteiger partial charge in [-0.05, 0) is 41.6 Å². The molecule has 0 bridgehead atoms. The van der Waals surface area contributed by atoms with Gasteiger partial charge in [-0.2, -0.15) is 0 Å². The summed E-state index contributed by atoms with van der Waals surface area (Å²) in [6.07, 6.45) is 0. The maximum atomic E-state index is 12.6. The van der Waals surface area contributed by atoms with Crippen LogP contribution in [0.25, 0.3) is 10.7 Å². The van der Waals surface area contributed by atoms with Crippen molar-refractivity contribution in [2.24, 2.45) is 0 Å². The average molecular weight is 469 g/mol. The molecule has 0 radical (unpaired) electrons. The first-order valence-electron chi connectivity index (χ1n) is 9.79. The molecule has 4 rings (SSSR count). The number of nitrogens with one attached hydrogen (secondary N) is 1. The third kappa shape index (κ3) is 5.55. The lowest BCUT2D eigenvalue weighted by Gasteiger charge is -2.14. The Morgan fingerprint density at radius 2 is 1.87 bits per heavy atom. The molecule has 1 atom stereocenters. The molecule has 1 unspecified atom stereocenters. The summed E-state index contributed by atoms with van der Waals surface area (Å²) >= 11 is 8.96. The lowest BCUT2D eigenvalue weighted by Crippen LogP contribution is -2.28. The van der Waals surface area contributed by atoms with Gasteiger partial charge in [0.05, 0.1) is 23.2 Å². The highest BCUT2D eigenvalue weighted by atomic mass is 35.5. The van der Waals surface area contributed by atoms with Crippen molar-refractivity contribution in [3.63, 3.8) is 0 Å². The van der Waals surface area contributed by atoms with Gasteiger partial charge in [-0.3, -0.25) is 9.36 Å². The van der Waals surface area contributed by atoms with Crippen LogP contribution in [-0.4, -0.2) is 26.4 Å². The zero-order chi connectivity index (χ0) is 21.6. The van der Waals surface area contributed by atoms with Gasteiger partial charge in [0.25, 0.3) is 0 Å². The average Bonchev–Trinajstić information content (AvgIpc) is 3.43. The van der Waals surface area contributed by atoms with Gasteiger partial charge in [-0.1, -0.05) is 71.9 Å². The number of hydrogen-bond acceptors (Lipinski definition) is 5. The molecule has 1 N–H and O–H groups in total. The zero-order valence-corrected chi connectivity index (χ0v) is 19.3. The van der Waals surface area contributed by atoms with Crippen molar-refractivity contribution >= 4 is 40.6 Å². The van der Waals surface area contributed by atoms with E-state index in [9.17, 15) is 4.79 Å². The molecule has 31 heavy (non-hydrogen) atoms. The fourth-order valence-electron chi connectivity index (χ4n) is 3.14. The molecule has 8 heteroatoms. The second-order valence-corrected chi connectivity index (χ2v) is 9.31. The van der Waals surface area contributed by atoms with Crippen LogP contribution < -0.4 is 5.32 Å². The third-order valence-corrected chi connectivity index (χ3v) is 6.81. The SMILES string of the molecule is CC(NC(=O)CSc1nnc(-c2cccs2)n1Cc1ccccc1)c1ccc(Cl)cc1. The van der Waals surface area contributed by atoms with Gasteiger partial charge in [0.2, 0.25) is 5.91 Å². The monoisotopic (exact) mass is 468 g/mol. The molecular weight excluding hydrogens is 448 g/mol. The minimum Gasteiger partial charge on any atom is -0.349 e. The molecular formula is C23H21ClN4OS2. The first-order chi connectivity index (χ1) is 15.1. The maximum absolute atomic E-state index is 12.6.